The SMILES string of the molecule is COc1ccc(CCC(=O)Nc2ccc(Oc3cccnc3)c(C)c2)cc1Cl. The Morgan fingerprint density at radius 2 is 1.96 bits per heavy atom. The van der Waals surface area contributed by atoms with Gasteiger partial charge in [-0.05, 0) is 66.9 Å². The third kappa shape index (κ3) is 5.24. The van der Waals surface area contributed by atoms with Crippen LogP contribution in [0.1, 0.15) is 17.5 Å². The molecule has 3 rings (SSSR count). The van der Waals surface area contributed by atoms with Crippen LogP contribution in [0.25, 0.3) is 0 Å². The Hall–Kier alpha value is -3.05. The number of nitrogens with zero attached hydrogens (tertiary/aromatic N) is 1. The first-order valence-corrected chi connectivity index (χ1v) is 9.24. The van der Waals surface area contributed by atoms with E-state index in [9.17, 15) is 4.79 Å². The molecule has 0 spiro atoms. The molecule has 0 aliphatic carbocycles. The van der Waals surface area contributed by atoms with Gasteiger partial charge in [-0.25, -0.2) is 0 Å². The zero-order valence-corrected chi connectivity index (χ0v) is 16.5. The molecule has 1 amide bonds. The lowest BCUT2D eigenvalue weighted by Gasteiger charge is -2.11. The molecule has 0 unspecified atom stereocenters. The quantitative estimate of drug-likeness (QED) is 0.579. The fourth-order valence-corrected chi connectivity index (χ4v) is 3.00. The van der Waals surface area contributed by atoms with Gasteiger partial charge in [-0.3, -0.25) is 9.78 Å². The number of amides is 1. The average Bonchev–Trinajstić information content (AvgIpc) is 2.69. The van der Waals surface area contributed by atoms with Crippen LogP contribution >= 0.6 is 11.6 Å². The molecule has 0 saturated heterocycles. The number of hydrogen-bond donors (Lipinski definition) is 1. The summed E-state index contributed by atoms with van der Waals surface area (Å²) in [4.78, 5) is 16.3. The van der Waals surface area contributed by atoms with Gasteiger partial charge >= 0.3 is 0 Å². The van der Waals surface area contributed by atoms with Crippen molar-refractivity contribution in [2.45, 2.75) is 19.8 Å². The van der Waals surface area contributed by atoms with Crippen molar-refractivity contribution in [1.82, 2.24) is 4.98 Å². The molecule has 1 aromatic heterocycles. The van der Waals surface area contributed by atoms with Gasteiger partial charge in [-0.1, -0.05) is 17.7 Å². The van der Waals surface area contributed by atoms with Crippen LogP contribution in [0, 0.1) is 6.92 Å². The summed E-state index contributed by atoms with van der Waals surface area (Å²) < 4.78 is 10.9. The summed E-state index contributed by atoms with van der Waals surface area (Å²) in [6.45, 7) is 1.93. The molecule has 3 aromatic rings. The topological polar surface area (TPSA) is 60.5 Å². The average molecular weight is 397 g/mol. The van der Waals surface area contributed by atoms with Crippen molar-refractivity contribution < 1.29 is 14.3 Å². The third-order valence-electron chi connectivity index (χ3n) is 4.18. The minimum Gasteiger partial charge on any atom is -0.495 e. The van der Waals surface area contributed by atoms with Gasteiger partial charge in [0.05, 0.1) is 18.3 Å². The third-order valence-corrected chi connectivity index (χ3v) is 4.47. The molecule has 0 aliphatic rings. The number of hydrogen-bond acceptors (Lipinski definition) is 4. The molecule has 0 saturated carbocycles. The molecule has 0 aliphatic heterocycles. The summed E-state index contributed by atoms with van der Waals surface area (Å²) in [5.41, 5.74) is 2.63. The van der Waals surface area contributed by atoms with Crippen LogP contribution in [0.4, 0.5) is 5.69 Å². The van der Waals surface area contributed by atoms with E-state index in [1.165, 1.54) is 0 Å². The number of aromatic nitrogens is 1. The molecule has 6 heteroatoms. The van der Waals surface area contributed by atoms with Crippen molar-refractivity contribution >= 4 is 23.2 Å². The Balaban J connectivity index is 1.56. The molecule has 28 heavy (non-hydrogen) atoms. The van der Waals surface area contributed by atoms with E-state index in [0.29, 0.717) is 29.4 Å². The van der Waals surface area contributed by atoms with Crippen molar-refractivity contribution in [1.29, 1.82) is 0 Å². The van der Waals surface area contributed by atoms with Gasteiger partial charge in [-0.15, -0.1) is 0 Å². The van der Waals surface area contributed by atoms with Crippen LogP contribution in [0.3, 0.4) is 0 Å². The van der Waals surface area contributed by atoms with Crippen LogP contribution in [0.5, 0.6) is 17.2 Å². The van der Waals surface area contributed by atoms with Crippen LogP contribution in [0.2, 0.25) is 5.02 Å². The van der Waals surface area contributed by atoms with Crippen molar-refractivity contribution in [3.05, 3.63) is 77.1 Å². The summed E-state index contributed by atoms with van der Waals surface area (Å²) >= 11 is 6.12. The Kier molecular flexibility index (Phi) is 6.50. The van der Waals surface area contributed by atoms with Gasteiger partial charge in [0, 0.05) is 18.3 Å². The summed E-state index contributed by atoms with van der Waals surface area (Å²) in [5.74, 6) is 1.95. The lowest BCUT2D eigenvalue weighted by Crippen LogP contribution is -2.12. The minimum absolute atomic E-state index is 0.0627. The van der Waals surface area contributed by atoms with Crippen LogP contribution < -0.4 is 14.8 Å². The number of ether oxygens (including phenoxy) is 2. The van der Waals surface area contributed by atoms with E-state index in [1.807, 2.05) is 49.4 Å². The van der Waals surface area contributed by atoms with E-state index in [0.717, 1.165) is 22.6 Å². The zero-order chi connectivity index (χ0) is 19.9. The molecule has 0 bridgehead atoms. The van der Waals surface area contributed by atoms with E-state index in [-0.39, 0.29) is 5.91 Å². The standard InChI is InChI=1S/C22H21ClN2O3/c1-15-12-17(7-9-20(15)28-18-4-3-11-24-14-18)25-22(26)10-6-16-5-8-21(27-2)19(23)13-16/h3-5,7-9,11-14H,6,10H2,1-2H3,(H,25,26). The lowest BCUT2D eigenvalue weighted by molar-refractivity contribution is -0.116. The predicted octanol–water partition coefficient (Wildman–Crippen LogP) is 5.42. The maximum atomic E-state index is 12.3. The molecular weight excluding hydrogens is 376 g/mol. The highest BCUT2D eigenvalue weighted by Gasteiger charge is 2.08. The van der Waals surface area contributed by atoms with Gasteiger partial charge in [0.2, 0.25) is 5.91 Å². The fraction of sp³-hybridized carbons (Fsp3) is 0.182. The molecular formula is C22H21ClN2O3. The normalized spacial score (nSPS) is 10.4. The zero-order valence-electron chi connectivity index (χ0n) is 15.7. The molecule has 0 atom stereocenters. The maximum absolute atomic E-state index is 12.3. The van der Waals surface area contributed by atoms with Crippen molar-refractivity contribution in [3.8, 4) is 17.2 Å². The second kappa shape index (κ2) is 9.24. The number of nitrogens with one attached hydrogen (secondary N) is 1. The minimum atomic E-state index is -0.0627. The molecule has 1 heterocycles. The van der Waals surface area contributed by atoms with Crippen molar-refractivity contribution in [2.24, 2.45) is 0 Å². The highest BCUT2D eigenvalue weighted by molar-refractivity contribution is 6.32. The van der Waals surface area contributed by atoms with E-state index < -0.39 is 0 Å². The predicted molar refractivity (Wildman–Crippen MR) is 110 cm³/mol. The van der Waals surface area contributed by atoms with E-state index >= 15 is 0 Å². The molecule has 5 nitrogen and oxygen atoms in total. The molecule has 0 radical (unpaired) electrons. The number of aryl methyl sites for hydroxylation is 2. The Labute approximate surface area is 169 Å². The summed E-state index contributed by atoms with van der Waals surface area (Å²) in [7, 11) is 1.57. The van der Waals surface area contributed by atoms with E-state index in [2.05, 4.69) is 10.3 Å². The molecule has 0 fully saturated rings. The second-order valence-corrected chi connectivity index (χ2v) is 6.70. The number of anilines is 1. The first-order chi connectivity index (χ1) is 13.5. The van der Waals surface area contributed by atoms with Crippen molar-refractivity contribution in [3.63, 3.8) is 0 Å². The highest BCUT2D eigenvalue weighted by atomic mass is 35.5. The molecule has 2 aromatic carbocycles. The Morgan fingerprint density at radius 3 is 2.64 bits per heavy atom. The molecule has 1 N–H and O–H groups in total. The monoisotopic (exact) mass is 396 g/mol. The maximum Gasteiger partial charge on any atom is 0.224 e. The van der Waals surface area contributed by atoms with E-state index in [1.54, 1.807) is 25.6 Å². The number of halogens is 1. The van der Waals surface area contributed by atoms with E-state index in [4.69, 9.17) is 21.1 Å². The first kappa shape index (κ1) is 19.7. The van der Waals surface area contributed by atoms with Gasteiger partial charge in [-0.2, -0.15) is 0 Å². The Bertz CT molecular complexity index is 961. The van der Waals surface area contributed by atoms with Gasteiger partial charge in [0.15, 0.2) is 0 Å². The number of carbonyl (C=O) groups excluding carboxylic acids is 1. The summed E-state index contributed by atoms with van der Waals surface area (Å²) in [6.07, 6.45) is 4.30. The van der Waals surface area contributed by atoms with Gasteiger partial charge < -0.3 is 14.8 Å². The number of methoxy groups -OCH3 is 1. The van der Waals surface area contributed by atoms with Crippen molar-refractivity contribution in [2.75, 3.05) is 12.4 Å². The number of carbonyl (C=O) groups is 1. The lowest BCUT2D eigenvalue weighted by atomic mass is 10.1. The smallest absolute Gasteiger partial charge is 0.224 e. The Morgan fingerprint density at radius 1 is 1.14 bits per heavy atom. The summed E-state index contributed by atoms with van der Waals surface area (Å²) in [5, 5.41) is 3.46. The van der Waals surface area contributed by atoms with Crippen LogP contribution in [0.15, 0.2) is 60.9 Å². The molecule has 144 valence electrons. The first-order valence-electron chi connectivity index (χ1n) is 8.86. The highest BCUT2D eigenvalue weighted by Crippen LogP contribution is 2.27. The van der Waals surface area contributed by atoms with Crippen LogP contribution in [-0.4, -0.2) is 18.0 Å². The van der Waals surface area contributed by atoms with Gasteiger partial charge in [0.25, 0.3) is 0 Å². The fourth-order valence-electron chi connectivity index (χ4n) is 2.72. The largest absolute Gasteiger partial charge is 0.495 e. The van der Waals surface area contributed by atoms with Crippen LogP contribution in [-0.2, 0) is 11.2 Å². The number of benzene rings is 2. The van der Waals surface area contributed by atoms with Gasteiger partial charge in [0.1, 0.15) is 17.2 Å². The number of rotatable bonds is 7. The second-order valence-electron chi connectivity index (χ2n) is 6.29. The summed E-state index contributed by atoms with van der Waals surface area (Å²) in [6, 6.07) is 14.7. The number of pyridine rings is 1.